The Kier molecular flexibility index (Phi) is 6.75. The first kappa shape index (κ1) is 24.6. The summed E-state index contributed by atoms with van der Waals surface area (Å²) in [4.78, 5) is 15.3. The van der Waals surface area contributed by atoms with Crippen LogP contribution in [0.2, 0.25) is 0 Å². The minimum absolute atomic E-state index is 0.0371. The van der Waals surface area contributed by atoms with Crippen molar-refractivity contribution in [1.29, 1.82) is 10.5 Å². The Morgan fingerprint density at radius 2 is 1.97 bits per heavy atom. The number of nitrogens with two attached hydrogens (primary N) is 1. The van der Waals surface area contributed by atoms with Crippen LogP contribution in [-0.2, 0) is 4.79 Å². The van der Waals surface area contributed by atoms with Crippen molar-refractivity contribution in [2.75, 3.05) is 24.9 Å². The smallest absolute Gasteiger partial charge is 0.219 e. The number of methoxy groups -OCH3 is 2. The van der Waals surface area contributed by atoms with E-state index in [4.69, 9.17) is 20.5 Å². The van der Waals surface area contributed by atoms with Crippen molar-refractivity contribution >= 4 is 34.0 Å². The Balaban J connectivity index is 1.93. The summed E-state index contributed by atoms with van der Waals surface area (Å²) in [6, 6.07) is 9.68. The quantitative estimate of drug-likeness (QED) is 0.567. The first-order valence-corrected chi connectivity index (χ1v) is 12.6. The molecule has 180 valence electrons. The number of rotatable bonds is 6. The molecule has 0 saturated carbocycles. The summed E-state index contributed by atoms with van der Waals surface area (Å²) in [5, 5.41) is 28.0. The van der Waals surface area contributed by atoms with Gasteiger partial charge in [-0.1, -0.05) is 43.0 Å². The molecule has 0 bridgehead atoms. The van der Waals surface area contributed by atoms with E-state index in [1.54, 1.807) is 24.1 Å². The molecule has 1 unspecified atom stereocenters. The second-order valence-electron chi connectivity index (χ2n) is 8.89. The predicted molar refractivity (Wildman–Crippen MR) is 133 cm³/mol. The topological polar surface area (TPSA) is 138 Å². The van der Waals surface area contributed by atoms with Crippen molar-refractivity contribution in [3.05, 3.63) is 46.4 Å². The van der Waals surface area contributed by atoms with E-state index in [1.165, 1.54) is 30.2 Å². The van der Waals surface area contributed by atoms with Crippen LogP contribution in [0.25, 0.3) is 0 Å². The van der Waals surface area contributed by atoms with Crippen molar-refractivity contribution in [1.82, 2.24) is 10.2 Å². The Hall–Kier alpha value is -3.54. The van der Waals surface area contributed by atoms with Crippen LogP contribution in [0, 0.1) is 28.1 Å². The number of thioether (sulfide) groups is 1. The van der Waals surface area contributed by atoms with Crippen molar-refractivity contribution in [3.63, 3.8) is 0 Å². The molecule has 1 atom stereocenters. The molecular weight excluding hydrogens is 484 g/mol. The van der Waals surface area contributed by atoms with Crippen LogP contribution in [0.1, 0.15) is 38.2 Å². The summed E-state index contributed by atoms with van der Waals surface area (Å²) in [6.45, 7) is 4.07. The lowest BCUT2D eigenvalue weighted by atomic mass is 9.68. The fourth-order valence-corrected chi connectivity index (χ4v) is 6.08. The number of nitrogens with zero attached hydrogens (tertiary/aromatic N) is 5. The summed E-state index contributed by atoms with van der Waals surface area (Å²) in [5.74, 6) is 0.817. The summed E-state index contributed by atoms with van der Waals surface area (Å²) in [6.07, 6.45) is 0.916. The first-order chi connectivity index (χ1) is 16.7. The number of carbonyl (C=O) groups is 1. The van der Waals surface area contributed by atoms with Gasteiger partial charge in [0.15, 0.2) is 21.6 Å². The van der Waals surface area contributed by atoms with Crippen LogP contribution in [0.4, 0.5) is 5.13 Å². The standard InChI is InChI=1S/C24H24N6O3S2/c1-24(2)10-15-20(16(31)11-24)19(13-5-6-17(32-3)18(9-13)33-4)14(12-26)21(27)30(15)22-28-29-23(35-22)34-8-7-25/h5-6,9,19H,8,10-11,27H2,1-4H3. The van der Waals surface area contributed by atoms with Crippen molar-refractivity contribution in [2.24, 2.45) is 11.1 Å². The van der Waals surface area contributed by atoms with E-state index < -0.39 is 5.92 Å². The number of anilines is 1. The number of hydrogen-bond acceptors (Lipinski definition) is 11. The molecule has 0 saturated heterocycles. The maximum Gasteiger partial charge on any atom is 0.219 e. The fraction of sp³-hybridized carbons (Fsp3) is 0.375. The Labute approximate surface area is 211 Å². The van der Waals surface area contributed by atoms with Gasteiger partial charge in [0, 0.05) is 17.7 Å². The van der Waals surface area contributed by atoms with E-state index in [-0.39, 0.29) is 28.3 Å². The molecule has 4 rings (SSSR count). The third kappa shape index (κ3) is 4.45. The number of nitriles is 2. The molecule has 35 heavy (non-hydrogen) atoms. The summed E-state index contributed by atoms with van der Waals surface area (Å²) >= 11 is 2.54. The van der Waals surface area contributed by atoms with Gasteiger partial charge in [0.05, 0.1) is 43.6 Å². The van der Waals surface area contributed by atoms with Gasteiger partial charge in [-0.15, -0.1) is 10.2 Å². The largest absolute Gasteiger partial charge is 0.493 e. The maximum atomic E-state index is 13.6. The van der Waals surface area contributed by atoms with Gasteiger partial charge in [0.1, 0.15) is 5.82 Å². The Morgan fingerprint density at radius 1 is 1.23 bits per heavy atom. The van der Waals surface area contributed by atoms with E-state index in [1.807, 2.05) is 19.9 Å². The maximum absolute atomic E-state index is 13.6. The molecular formula is C24H24N6O3S2. The van der Waals surface area contributed by atoms with Crippen LogP contribution in [-0.4, -0.2) is 36.0 Å². The van der Waals surface area contributed by atoms with Gasteiger partial charge in [-0.25, -0.2) is 0 Å². The molecule has 2 N–H and O–H groups in total. The molecule has 2 heterocycles. The highest BCUT2D eigenvalue weighted by Gasteiger charge is 2.45. The van der Waals surface area contributed by atoms with E-state index in [0.717, 1.165) is 5.70 Å². The lowest BCUT2D eigenvalue weighted by molar-refractivity contribution is -0.118. The van der Waals surface area contributed by atoms with Gasteiger partial charge in [0.2, 0.25) is 5.13 Å². The normalized spacial score (nSPS) is 19.2. The third-order valence-corrected chi connectivity index (χ3v) is 7.88. The average Bonchev–Trinajstić information content (AvgIpc) is 3.29. The summed E-state index contributed by atoms with van der Waals surface area (Å²) in [7, 11) is 3.09. The fourth-order valence-electron chi connectivity index (χ4n) is 4.54. The van der Waals surface area contributed by atoms with Crippen LogP contribution in [0.15, 0.2) is 45.2 Å². The highest BCUT2D eigenvalue weighted by Crippen LogP contribution is 2.51. The minimum atomic E-state index is -0.644. The molecule has 11 heteroatoms. The second-order valence-corrected chi connectivity index (χ2v) is 11.1. The zero-order valence-electron chi connectivity index (χ0n) is 19.8. The van der Waals surface area contributed by atoms with Crippen LogP contribution < -0.4 is 20.1 Å². The second kappa shape index (κ2) is 9.61. The van der Waals surface area contributed by atoms with E-state index >= 15 is 0 Å². The molecule has 1 aliphatic carbocycles. The highest BCUT2D eigenvalue weighted by molar-refractivity contribution is 8.01. The van der Waals surface area contributed by atoms with Gasteiger partial charge < -0.3 is 15.2 Å². The Morgan fingerprint density at radius 3 is 2.63 bits per heavy atom. The molecule has 0 amide bonds. The average molecular weight is 509 g/mol. The zero-order chi connectivity index (χ0) is 25.3. The molecule has 1 aromatic carbocycles. The number of ketones is 1. The number of hydrogen-bond donors (Lipinski definition) is 1. The van der Waals surface area contributed by atoms with Crippen molar-refractivity contribution < 1.29 is 14.3 Å². The summed E-state index contributed by atoms with van der Waals surface area (Å²) in [5.41, 5.74) is 8.55. The molecule has 0 spiro atoms. The molecule has 1 aliphatic heterocycles. The molecule has 1 aromatic heterocycles. The summed E-state index contributed by atoms with van der Waals surface area (Å²) < 4.78 is 11.4. The molecule has 9 nitrogen and oxygen atoms in total. The number of Topliss-reactive ketones (excluding diaryl/α,β-unsaturated/α-hetero) is 1. The third-order valence-electron chi connectivity index (χ3n) is 5.97. The predicted octanol–water partition coefficient (Wildman–Crippen LogP) is 4.11. The molecule has 0 radical (unpaired) electrons. The van der Waals surface area contributed by atoms with Gasteiger partial charge in [-0.05, 0) is 29.5 Å². The van der Waals surface area contributed by atoms with E-state index in [2.05, 4.69) is 22.3 Å². The van der Waals surface area contributed by atoms with Gasteiger partial charge in [-0.2, -0.15) is 10.5 Å². The van der Waals surface area contributed by atoms with Crippen LogP contribution in [0.3, 0.4) is 0 Å². The SMILES string of the molecule is COc1ccc(C2C(C#N)=C(N)N(c3nnc(SCC#N)s3)C3=C2C(=O)CC(C)(C)C3)cc1OC. The lowest BCUT2D eigenvalue weighted by Gasteiger charge is -2.42. The number of carbonyl (C=O) groups excluding carboxylic acids is 1. The minimum Gasteiger partial charge on any atom is -0.493 e. The number of ether oxygens (including phenoxy) is 2. The van der Waals surface area contributed by atoms with Crippen molar-refractivity contribution in [2.45, 2.75) is 36.9 Å². The monoisotopic (exact) mass is 508 g/mol. The van der Waals surface area contributed by atoms with Gasteiger partial charge in [0.25, 0.3) is 0 Å². The zero-order valence-corrected chi connectivity index (χ0v) is 21.4. The van der Waals surface area contributed by atoms with E-state index in [9.17, 15) is 10.1 Å². The lowest BCUT2D eigenvalue weighted by Crippen LogP contribution is -2.42. The number of allylic oxidation sites excluding steroid dienone is 3. The number of aromatic nitrogens is 2. The van der Waals surface area contributed by atoms with Crippen LogP contribution in [0.5, 0.6) is 11.5 Å². The van der Waals surface area contributed by atoms with Crippen molar-refractivity contribution in [3.8, 4) is 23.6 Å². The Bertz CT molecular complexity index is 1330. The highest BCUT2D eigenvalue weighted by atomic mass is 32.2. The molecule has 0 fully saturated rings. The van der Waals surface area contributed by atoms with Gasteiger partial charge in [-0.3, -0.25) is 9.69 Å². The molecule has 2 aromatic rings. The van der Waals surface area contributed by atoms with Crippen LogP contribution >= 0.6 is 23.1 Å². The van der Waals surface area contributed by atoms with Gasteiger partial charge >= 0.3 is 0 Å². The number of benzene rings is 1. The van der Waals surface area contributed by atoms with E-state index in [0.29, 0.717) is 44.9 Å². The molecule has 2 aliphatic rings. The first-order valence-electron chi connectivity index (χ1n) is 10.8.